The van der Waals surface area contributed by atoms with E-state index in [1.54, 1.807) is 6.07 Å². The highest BCUT2D eigenvalue weighted by Gasteiger charge is 2.51. The fourth-order valence-corrected chi connectivity index (χ4v) is 9.61. The van der Waals surface area contributed by atoms with Crippen LogP contribution < -0.4 is 15.4 Å². The lowest BCUT2D eigenvalue weighted by molar-refractivity contribution is -0.645. The molecule has 4 atom stereocenters. The Hall–Kier alpha value is -3.11. The van der Waals surface area contributed by atoms with Crippen molar-refractivity contribution in [3.05, 3.63) is 100 Å². The minimum Gasteiger partial charge on any atom is -0.618 e. The molecule has 1 saturated heterocycles. The van der Waals surface area contributed by atoms with Gasteiger partial charge in [-0.3, -0.25) is 0 Å². The second-order valence-corrected chi connectivity index (χ2v) is 14.8. The summed E-state index contributed by atoms with van der Waals surface area (Å²) in [6.07, 6.45) is 7.97. The monoisotopic (exact) mass is 629 g/mol. The Kier molecular flexibility index (Phi) is 8.79. The van der Waals surface area contributed by atoms with Crippen molar-refractivity contribution in [2.45, 2.75) is 87.7 Å². The molecule has 2 heterocycles. The van der Waals surface area contributed by atoms with Gasteiger partial charge in [-0.25, -0.2) is 4.79 Å². The van der Waals surface area contributed by atoms with Gasteiger partial charge < -0.3 is 30.4 Å². The molecule has 238 valence electrons. The molecule has 45 heavy (non-hydrogen) atoms. The van der Waals surface area contributed by atoms with Crippen LogP contribution in [0.1, 0.15) is 80.1 Å². The van der Waals surface area contributed by atoms with E-state index in [9.17, 15) is 15.1 Å². The van der Waals surface area contributed by atoms with E-state index in [0.717, 1.165) is 64.0 Å². The summed E-state index contributed by atoms with van der Waals surface area (Å²) in [6.45, 7) is 2.56. The van der Waals surface area contributed by atoms with Crippen LogP contribution in [-0.2, 0) is 22.6 Å². The van der Waals surface area contributed by atoms with E-state index in [-0.39, 0.29) is 36.3 Å². The maximum atomic E-state index is 13.0. The molecule has 1 aromatic heterocycles. The Morgan fingerprint density at radius 3 is 2.22 bits per heavy atom. The summed E-state index contributed by atoms with van der Waals surface area (Å²) in [4.78, 5) is 13.0. The smallest absolute Gasteiger partial charge is 0.315 e. The first kappa shape index (κ1) is 30.5. The quantitative estimate of drug-likeness (QED) is 0.149. The number of ether oxygens (including phenoxy) is 2. The van der Waals surface area contributed by atoms with Gasteiger partial charge in [-0.2, -0.15) is 4.73 Å². The minimum atomic E-state index is -0.592. The number of nitrogens with zero attached hydrogens (tertiary/aromatic N) is 1. The second kappa shape index (κ2) is 12.9. The SMILES string of the molecule is CC1C(CSc2cccc[n+]2[O-])OC(c2ccc(CNC(=O)NC34CC5CC(CC(C5)C3)C4)cc2)OC1c1ccc(CO)cc1. The van der Waals surface area contributed by atoms with Gasteiger partial charge in [0, 0.05) is 41.5 Å². The van der Waals surface area contributed by atoms with Crippen LogP contribution in [0.25, 0.3) is 0 Å². The number of urea groups is 1. The lowest BCUT2D eigenvalue weighted by atomic mass is 9.53. The van der Waals surface area contributed by atoms with Crippen molar-refractivity contribution in [1.82, 2.24) is 10.6 Å². The van der Waals surface area contributed by atoms with Crippen LogP contribution >= 0.6 is 11.8 Å². The number of nitrogens with one attached hydrogen (secondary N) is 2. The highest BCUT2D eigenvalue weighted by molar-refractivity contribution is 7.99. The molecule has 4 bridgehead atoms. The summed E-state index contributed by atoms with van der Waals surface area (Å²) in [7, 11) is 0. The zero-order chi connectivity index (χ0) is 31.0. The van der Waals surface area contributed by atoms with Crippen LogP contribution in [0.2, 0.25) is 0 Å². The number of pyridine rings is 1. The molecule has 0 spiro atoms. The molecule has 4 aliphatic carbocycles. The number of rotatable bonds is 9. The number of hydrogen-bond acceptors (Lipinski definition) is 6. The van der Waals surface area contributed by atoms with Crippen LogP contribution in [0.4, 0.5) is 4.79 Å². The average molecular weight is 630 g/mol. The van der Waals surface area contributed by atoms with Crippen molar-refractivity contribution in [1.29, 1.82) is 0 Å². The third-order valence-electron chi connectivity index (χ3n) is 10.4. The number of aliphatic hydroxyl groups is 1. The molecule has 2 aromatic carbocycles. The summed E-state index contributed by atoms with van der Waals surface area (Å²) in [6, 6.07) is 21.2. The number of aromatic nitrogens is 1. The molecule has 4 saturated carbocycles. The summed E-state index contributed by atoms with van der Waals surface area (Å²) >= 11 is 1.48. The molecule has 0 radical (unpaired) electrons. The molecule has 5 fully saturated rings. The molecule has 8 nitrogen and oxygen atoms in total. The Morgan fingerprint density at radius 2 is 1.58 bits per heavy atom. The first-order valence-corrected chi connectivity index (χ1v) is 17.3. The maximum absolute atomic E-state index is 13.0. The number of aliphatic hydroxyl groups excluding tert-OH is 1. The van der Waals surface area contributed by atoms with Crippen LogP contribution in [0.15, 0.2) is 78.0 Å². The van der Waals surface area contributed by atoms with Crippen molar-refractivity contribution in [3.63, 3.8) is 0 Å². The highest BCUT2D eigenvalue weighted by Crippen LogP contribution is 2.55. The Bertz CT molecular complexity index is 1450. The molecule has 9 heteroatoms. The van der Waals surface area contributed by atoms with E-state index in [2.05, 4.69) is 17.6 Å². The Balaban J connectivity index is 1.01. The Morgan fingerprint density at radius 1 is 0.933 bits per heavy atom. The molecule has 5 aliphatic rings. The van der Waals surface area contributed by atoms with Gasteiger partial charge in [-0.15, -0.1) is 0 Å². The van der Waals surface area contributed by atoms with E-state index in [1.807, 2.05) is 60.7 Å². The van der Waals surface area contributed by atoms with Crippen LogP contribution in [-0.4, -0.2) is 28.5 Å². The normalized spacial score (nSPS) is 31.9. The van der Waals surface area contributed by atoms with Gasteiger partial charge in [0.25, 0.3) is 5.03 Å². The zero-order valence-electron chi connectivity index (χ0n) is 25.8. The van der Waals surface area contributed by atoms with Crippen LogP contribution in [0, 0.1) is 28.9 Å². The van der Waals surface area contributed by atoms with Gasteiger partial charge in [0.2, 0.25) is 0 Å². The lowest BCUT2D eigenvalue weighted by Gasteiger charge is -2.56. The minimum absolute atomic E-state index is 0.00622. The number of thioether (sulfide) groups is 1. The number of benzene rings is 2. The van der Waals surface area contributed by atoms with Gasteiger partial charge in [-0.1, -0.05) is 67.2 Å². The fraction of sp³-hybridized carbons (Fsp3) is 0.500. The number of amides is 2. The van der Waals surface area contributed by atoms with E-state index < -0.39 is 6.29 Å². The standard InChI is InChI=1S/C36H43N3O5S/c1-23-31(22-45-32-4-2-3-13-39(32)42)43-34(44-33(23)29-9-7-25(21-40)8-10-29)30-11-5-24(6-12-30)20-37-35(41)38-36-17-26-14-27(18-36)16-28(15-26)19-36/h2-13,23,26-28,31,33-34,40H,14-22H2,1H3,(H2,37,38,41). The molecule has 2 amide bonds. The van der Waals surface area contributed by atoms with Crippen molar-refractivity contribution in [3.8, 4) is 0 Å². The summed E-state index contributed by atoms with van der Waals surface area (Å²) in [5.74, 6) is 2.98. The van der Waals surface area contributed by atoms with Crippen molar-refractivity contribution < 1.29 is 24.1 Å². The third-order valence-corrected chi connectivity index (χ3v) is 11.5. The fourth-order valence-electron chi connectivity index (χ4n) is 8.53. The maximum Gasteiger partial charge on any atom is 0.315 e. The number of carbonyl (C=O) groups excluding carboxylic acids is 1. The van der Waals surface area contributed by atoms with E-state index in [4.69, 9.17) is 9.47 Å². The molecule has 3 N–H and O–H groups in total. The van der Waals surface area contributed by atoms with Gasteiger partial charge in [-0.05, 0) is 79.0 Å². The largest absolute Gasteiger partial charge is 0.618 e. The lowest BCUT2D eigenvalue weighted by Crippen LogP contribution is -2.61. The van der Waals surface area contributed by atoms with Gasteiger partial charge in [0.05, 0.1) is 18.8 Å². The van der Waals surface area contributed by atoms with Gasteiger partial charge in [0.1, 0.15) is 0 Å². The van der Waals surface area contributed by atoms with Crippen LogP contribution in [0.5, 0.6) is 0 Å². The van der Waals surface area contributed by atoms with Crippen LogP contribution in [0.3, 0.4) is 0 Å². The molecule has 4 unspecified atom stereocenters. The van der Waals surface area contributed by atoms with E-state index in [1.165, 1.54) is 37.2 Å². The second-order valence-electron chi connectivity index (χ2n) is 13.7. The highest BCUT2D eigenvalue weighted by atomic mass is 32.2. The van der Waals surface area contributed by atoms with E-state index >= 15 is 0 Å². The van der Waals surface area contributed by atoms with Crippen molar-refractivity contribution in [2.24, 2.45) is 23.7 Å². The number of carbonyl (C=O) groups is 1. The van der Waals surface area contributed by atoms with Gasteiger partial charge >= 0.3 is 6.03 Å². The van der Waals surface area contributed by atoms with Gasteiger partial charge in [0.15, 0.2) is 12.5 Å². The predicted octanol–water partition coefficient (Wildman–Crippen LogP) is 6.16. The average Bonchev–Trinajstić information content (AvgIpc) is 3.03. The molecule has 8 rings (SSSR count). The van der Waals surface area contributed by atoms with Crippen molar-refractivity contribution >= 4 is 17.8 Å². The summed E-state index contributed by atoms with van der Waals surface area (Å²) in [5, 5.41) is 28.9. The topological polar surface area (TPSA) is 107 Å². The Labute approximate surface area is 269 Å². The number of hydrogen-bond donors (Lipinski definition) is 3. The predicted molar refractivity (Wildman–Crippen MR) is 172 cm³/mol. The zero-order valence-corrected chi connectivity index (χ0v) is 26.6. The molecule has 1 aliphatic heterocycles. The molecular formula is C36H43N3O5S. The van der Waals surface area contributed by atoms with E-state index in [0.29, 0.717) is 17.3 Å². The first-order chi connectivity index (χ1) is 21.9. The molecular weight excluding hydrogens is 586 g/mol. The summed E-state index contributed by atoms with van der Waals surface area (Å²) in [5.41, 5.74) is 3.77. The van der Waals surface area contributed by atoms with Crippen molar-refractivity contribution in [2.75, 3.05) is 5.75 Å². The summed E-state index contributed by atoms with van der Waals surface area (Å²) < 4.78 is 14.0. The molecule has 3 aromatic rings. The third kappa shape index (κ3) is 6.73. The first-order valence-electron chi connectivity index (χ1n) is 16.3.